The Morgan fingerprint density at radius 3 is 2.96 bits per heavy atom. The number of nitrogens with zero attached hydrogens (tertiary/aromatic N) is 2. The Morgan fingerprint density at radius 2 is 2.26 bits per heavy atom. The van der Waals surface area contributed by atoms with Gasteiger partial charge in [0.1, 0.15) is 0 Å². The molecule has 0 unspecified atom stereocenters. The zero-order valence-corrected chi connectivity index (χ0v) is 15.1. The van der Waals surface area contributed by atoms with Crippen LogP contribution >= 0.6 is 23.4 Å². The third-order valence-corrected chi connectivity index (χ3v) is 5.70. The Balaban J connectivity index is 1.75. The van der Waals surface area contributed by atoms with E-state index in [-0.39, 0.29) is 11.9 Å². The Labute approximate surface area is 145 Å². The topological polar surface area (TPSA) is 46.9 Å². The molecule has 0 bridgehead atoms. The van der Waals surface area contributed by atoms with Crippen LogP contribution in [0.2, 0.25) is 5.02 Å². The van der Waals surface area contributed by atoms with Crippen LogP contribution in [0, 0.1) is 13.8 Å². The van der Waals surface area contributed by atoms with Crippen molar-refractivity contribution in [3.63, 3.8) is 0 Å². The van der Waals surface area contributed by atoms with E-state index in [0.717, 1.165) is 34.7 Å². The number of aryl methyl sites for hydroxylation is 2. The Morgan fingerprint density at radius 1 is 1.48 bits per heavy atom. The Kier molecular flexibility index (Phi) is 4.69. The molecule has 2 heterocycles. The summed E-state index contributed by atoms with van der Waals surface area (Å²) in [5.41, 5.74) is 4.10. The van der Waals surface area contributed by atoms with Gasteiger partial charge in [0.25, 0.3) is 0 Å². The molecule has 0 aliphatic carbocycles. The first kappa shape index (κ1) is 16.4. The molecule has 0 fully saturated rings. The van der Waals surface area contributed by atoms with E-state index in [4.69, 9.17) is 11.6 Å². The van der Waals surface area contributed by atoms with Crippen LogP contribution < -0.4 is 5.32 Å². The van der Waals surface area contributed by atoms with Crippen molar-refractivity contribution in [2.24, 2.45) is 7.05 Å². The number of halogens is 1. The van der Waals surface area contributed by atoms with Crippen molar-refractivity contribution in [1.29, 1.82) is 0 Å². The minimum atomic E-state index is 0.0343. The van der Waals surface area contributed by atoms with Crippen molar-refractivity contribution >= 4 is 29.3 Å². The highest BCUT2D eigenvalue weighted by Crippen LogP contribution is 2.37. The van der Waals surface area contributed by atoms with Crippen LogP contribution in [-0.2, 0) is 18.3 Å². The summed E-state index contributed by atoms with van der Waals surface area (Å²) < 4.78 is 1.82. The number of fused-ring (bicyclic) bond motifs is 1. The molecule has 1 aliphatic rings. The number of carbonyl (C=O) groups excluding carboxylic acids is 1. The molecule has 1 N–H and O–H groups in total. The van der Waals surface area contributed by atoms with E-state index in [0.29, 0.717) is 11.4 Å². The fourth-order valence-electron chi connectivity index (χ4n) is 2.99. The summed E-state index contributed by atoms with van der Waals surface area (Å²) in [5, 5.41) is 8.25. The summed E-state index contributed by atoms with van der Waals surface area (Å²) in [6, 6.07) is 5.94. The maximum atomic E-state index is 12.5. The first-order chi connectivity index (χ1) is 11.0. The highest BCUT2D eigenvalue weighted by atomic mass is 35.5. The van der Waals surface area contributed by atoms with Gasteiger partial charge < -0.3 is 5.32 Å². The Hall–Kier alpha value is -1.46. The molecule has 122 valence electrons. The number of thioether (sulfide) groups is 1. The van der Waals surface area contributed by atoms with E-state index in [2.05, 4.69) is 10.4 Å². The smallest absolute Gasteiger partial charge is 0.225 e. The minimum absolute atomic E-state index is 0.0343. The fourth-order valence-corrected chi connectivity index (χ4v) is 4.28. The van der Waals surface area contributed by atoms with Crippen molar-refractivity contribution in [3.05, 3.63) is 45.7 Å². The molecule has 1 amide bonds. The molecule has 1 aromatic heterocycles. The normalized spacial score (nSPS) is 17.0. The highest BCUT2D eigenvalue weighted by Gasteiger charge is 2.23. The van der Waals surface area contributed by atoms with E-state index in [1.807, 2.05) is 55.5 Å². The summed E-state index contributed by atoms with van der Waals surface area (Å²) in [5.74, 6) is 1.04. The van der Waals surface area contributed by atoms with E-state index in [9.17, 15) is 4.79 Å². The number of hydrogen-bond donors (Lipinski definition) is 1. The monoisotopic (exact) mass is 349 g/mol. The molecule has 1 atom stereocenters. The molecule has 6 heteroatoms. The first-order valence-electron chi connectivity index (χ1n) is 7.66. The van der Waals surface area contributed by atoms with Crippen molar-refractivity contribution in [1.82, 2.24) is 15.1 Å². The summed E-state index contributed by atoms with van der Waals surface area (Å²) in [7, 11) is 1.90. The number of benzene rings is 1. The lowest BCUT2D eigenvalue weighted by molar-refractivity contribution is -0.121. The predicted octanol–water partition coefficient (Wildman–Crippen LogP) is 3.59. The summed E-state index contributed by atoms with van der Waals surface area (Å²) in [6.07, 6.45) is 1.29. The summed E-state index contributed by atoms with van der Waals surface area (Å²) in [4.78, 5) is 13.7. The van der Waals surface area contributed by atoms with Gasteiger partial charge in [-0.3, -0.25) is 9.48 Å². The second-order valence-electron chi connectivity index (χ2n) is 5.89. The van der Waals surface area contributed by atoms with Gasteiger partial charge in [0.15, 0.2) is 0 Å². The molecular formula is C17H20ClN3OS. The van der Waals surface area contributed by atoms with Gasteiger partial charge >= 0.3 is 0 Å². The highest BCUT2D eigenvalue weighted by molar-refractivity contribution is 7.99. The van der Waals surface area contributed by atoms with Crippen LogP contribution in [0.15, 0.2) is 23.1 Å². The second-order valence-corrected chi connectivity index (χ2v) is 7.46. The fraction of sp³-hybridized carbons (Fsp3) is 0.412. The summed E-state index contributed by atoms with van der Waals surface area (Å²) >= 11 is 7.94. The lowest BCUT2D eigenvalue weighted by Gasteiger charge is -2.26. The van der Waals surface area contributed by atoms with Crippen LogP contribution in [0.3, 0.4) is 0 Å². The van der Waals surface area contributed by atoms with Crippen LogP contribution in [0.1, 0.15) is 35.0 Å². The van der Waals surface area contributed by atoms with Crippen LogP contribution in [0.25, 0.3) is 0 Å². The van der Waals surface area contributed by atoms with E-state index in [1.54, 1.807) is 0 Å². The second kappa shape index (κ2) is 6.57. The van der Waals surface area contributed by atoms with Gasteiger partial charge in [-0.05, 0) is 44.0 Å². The molecule has 2 aromatic rings. The SMILES string of the molecule is Cc1nn(C)c(C)c1CC(=O)N[C@@H]1CCSc2ccc(Cl)cc21. The molecular weight excluding hydrogens is 330 g/mol. The third-order valence-electron chi connectivity index (χ3n) is 4.34. The molecule has 0 radical (unpaired) electrons. The standard InChI is InChI=1S/C17H20ClN3OS/c1-10-13(11(2)21(3)20-10)9-17(22)19-15-6-7-23-16-5-4-12(18)8-14(15)16/h4-5,8,15H,6-7,9H2,1-3H3,(H,19,22)/t15-/m1/s1. The van der Waals surface area contributed by atoms with E-state index in [1.165, 1.54) is 4.90 Å². The molecule has 1 aromatic carbocycles. The minimum Gasteiger partial charge on any atom is -0.349 e. The van der Waals surface area contributed by atoms with Crippen LogP contribution in [-0.4, -0.2) is 21.4 Å². The van der Waals surface area contributed by atoms with Gasteiger partial charge in [0.05, 0.1) is 18.2 Å². The zero-order valence-electron chi connectivity index (χ0n) is 13.5. The van der Waals surface area contributed by atoms with Crippen molar-refractivity contribution < 1.29 is 4.79 Å². The van der Waals surface area contributed by atoms with E-state index < -0.39 is 0 Å². The molecule has 0 spiro atoms. The largest absolute Gasteiger partial charge is 0.349 e. The number of hydrogen-bond acceptors (Lipinski definition) is 3. The maximum absolute atomic E-state index is 12.5. The van der Waals surface area contributed by atoms with Gasteiger partial charge in [-0.15, -0.1) is 11.8 Å². The number of amides is 1. The molecule has 3 rings (SSSR count). The number of nitrogens with one attached hydrogen (secondary N) is 1. The van der Waals surface area contributed by atoms with E-state index >= 15 is 0 Å². The van der Waals surface area contributed by atoms with Gasteiger partial charge in [-0.2, -0.15) is 5.10 Å². The maximum Gasteiger partial charge on any atom is 0.225 e. The molecule has 1 aliphatic heterocycles. The number of aromatic nitrogens is 2. The summed E-state index contributed by atoms with van der Waals surface area (Å²) in [6.45, 7) is 3.94. The molecule has 0 saturated carbocycles. The van der Waals surface area contributed by atoms with Gasteiger partial charge in [0.2, 0.25) is 5.91 Å². The quantitative estimate of drug-likeness (QED) is 0.921. The first-order valence-corrected chi connectivity index (χ1v) is 9.02. The molecule has 23 heavy (non-hydrogen) atoms. The van der Waals surface area contributed by atoms with Gasteiger partial charge in [-0.25, -0.2) is 0 Å². The van der Waals surface area contributed by atoms with Crippen molar-refractivity contribution in [2.45, 2.75) is 37.6 Å². The van der Waals surface area contributed by atoms with Gasteiger partial charge in [0, 0.05) is 34.0 Å². The zero-order chi connectivity index (χ0) is 16.6. The predicted molar refractivity (Wildman–Crippen MR) is 94.1 cm³/mol. The van der Waals surface area contributed by atoms with Crippen LogP contribution in [0.4, 0.5) is 0 Å². The third kappa shape index (κ3) is 3.40. The number of carbonyl (C=O) groups is 1. The molecule has 0 saturated heterocycles. The average Bonchev–Trinajstić information content (AvgIpc) is 2.74. The van der Waals surface area contributed by atoms with Crippen molar-refractivity contribution in [2.75, 3.05) is 5.75 Å². The Bertz CT molecular complexity index is 757. The lowest BCUT2D eigenvalue weighted by atomic mass is 10.0. The lowest BCUT2D eigenvalue weighted by Crippen LogP contribution is -2.32. The van der Waals surface area contributed by atoms with Crippen LogP contribution in [0.5, 0.6) is 0 Å². The number of rotatable bonds is 3. The molecule has 4 nitrogen and oxygen atoms in total. The van der Waals surface area contributed by atoms with Crippen molar-refractivity contribution in [3.8, 4) is 0 Å². The average molecular weight is 350 g/mol. The van der Waals surface area contributed by atoms with Gasteiger partial charge in [-0.1, -0.05) is 11.6 Å².